The van der Waals surface area contributed by atoms with Crippen LogP contribution in [0.2, 0.25) is 0 Å². The van der Waals surface area contributed by atoms with Crippen molar-refractivity contribution < 1.29 is 14.7 Å². The molecule has 0 radical (unpaired) electrons. The van der Waals surface area contributed by atoms with Gasteiger partial charge in [0, 0.05) is 30.2 Å². The monoisotopic (exact) mass is 305 g/mol. The third-order valence-corrected chi connectivity index (χ3v) is 4.43. The maximum Gasteiger partial charge on any atom is 0.308 e. The number of H-pyrrole nitrogens is 1. The molecule has 0 aromatic carbocycles. The van der Waals surface area contributed by atoms with Crippen molar-refractivity contribution in [3.63, 3.8) is 0 Å². The summed E-state index contributed by atoms with van der Waals surface area (Å²) in [7, 11) is 0. The summed E-state index contributed by atoms with van der Waals surface area (Å²) in [6, 6.07) is 1.77. The van der Waals surface area contributed by atoms with Crippen molar-refractivity contribution in [1.29, 1.82) is 0 Å². The minimum Gasteiger partial charge on any atom is -0.481 e. The van der Waals surface area contributed by atoms with E-state index in [1.165, 1.54) is 0 Å². The molecule has 1 unspecified atom stereocenters. The van der Waals surface area contributed by atoms with E-state index in [0.717, 1.165) is 16.3 Å². The van der Waals surface area contributed by atoms with Gasteiger partial charge in [-0.3, -0.25) is 9.59 Å². The first-order valence-corrected chi connectivity index (χ1v) is 7.55. The van der Waals surface area contributed by atoms with Crippen LogP contribution in [0, 0.1) is 12.8 Å². The van der Waals surface area contributed by atoms with Crippen LogP contribution in [0.3, 0.4) is 0 Å². The van der Waals surface area contributed by atoms with Gasteiger partial charge in [0.15, 0.2) is 0 Å². The number of carbonyl (C=O) groups excluding carboxylic acids is 1. The van der Waals surface area contributed by atoms with E-state index in [9.17, 15) is 9.59 Å². The normalized spacial score (nSPS) is 18.1. The molecule has 3 rings (SSSR count). The average Bonchev–Trinajstić information content (AvgIpc) is 3.17. The molecule has 1 aliphatic rings. The summed E-state index contributed by atoms with van der Waals surface area (Å²) in [6.07, 6.45) is 2.27. The van der Waals surface area contributed by atoms with E-state index in [0.29, 0.717) is 18.7 Å². The van der Waals surface area contributed by atoms with E-state index in [4.69, 9.17) is 5.11 Å². The molecule has 7 heteroatoms. The zero-order valence-corrected chi connectivity index (χ0v) is 12.3. The molecular weight excluding hydrogens is 290 g/mol. The van der Waals surface area contributed by atoms with E-state index in [2.05, 4.69) is 9.97 Å². The molecule has 2 aromatic heterocycles. The van der Waals surface area contributed by atoms with Gasteiger partial charge in [-0.2, -0.15) is 0 Å². The molecule has 1 saturated heterocycles. The van der Waals surface area contributed by atoms with Crippen LogP contribution in [0.1, 0.15) is 21.9 Å². The maximum absolute atomic E-state index is 12.3. The van der Waals surface area contributed by atoms with Crippen molar-refractivity contribution in [2.24, 2.45) is 5.92 Å². The Morgan fingerprint density at radius 3 is 2.95 bits per heavy atom. The third-order valence-electron chi connectivity index (χ3n) is 3.65. The van der Waals surface area contributed by atoms with Crippen molar-refractivity contribution >= 4 is 23.2 Å². The lowest BCUT2D eigenvalue weighted by atomic mass is 10.1. The van der Waals surface area contributed by atoms with Crippen molar-refractivity contribution in [1.82, 2.24) is 14.9 Å². The van der Waals surface area contributed by atoms with Crippen LogP contribution >= 0.6 is 11.3 Å². The van der Waals surface area contributed by atoms with Gasteiger partial charge in [0.05, 0.1) is 16.6 Å². The summed E-state index contributed by atoms with van der Waals surface area (Å²) in [4.78, 5) is 32.2. The smallest absolute Gasteiger partial charge is 0.308 e. The molecule has 2 aromatic rings. The summed E-state index contributed by atoms with van der Waals surface area (Å²) in [5, 5.41) is 11.9. The number of carboxylic acids is 1. The molecule has 6 nitrogen and oxygen atoms in total. The summed E-state index contributed by atoms with van der Waals surface area (Å²) in [5.41, 5.74) is 2.19. The van der Waals surface area contributed by atoms with E-state index in [-0.39, 0.29) is 12.5 Å². The average molecular weight is 305 g/mol. The molecule has 21 heavy (non-hydrogen) atoms. The van der Waals surface area contributed by atoms with Crippen LogP contribution < -0.4 is 0 Å². The van der Waals surface area contributed by atoms with E-state index < -0.39 is 11.9 Å². The fourth-order valence-electron chi connectivity index (χ4n) is 2.48. The minimum atomic E-state index is -0.838. The molecule has 0 saturated carbocycles. The topological polar surface area (TPSA) is 86.3 Å². The lowest BCUT2D eigenvalue weighted by molar-refractivity contribution is -0.141. The summed E-state index contributed by atoms with van der Waals surface area (Å²) >= 11 is 1.56. The highest BCUT2D eigenvalue weighted by molar-refractivity contribution is 7.09. The summed E-state index contributed by atoms with van der Waals surface area (Å²) in [6.45, 7) is 2.70. The Kier molecular flexibility index (Phi) is 3.50. The van der Waals surface area contributed by atoms with Gasteiger partial charge in [-0.1, -0.05) is 0 Å². The van der Waals surface area contributed by atoms with Crippen LogP contribution in [-0.2, 0) is 4.79 Å². The molecule has 0 bridgehead atoms. The molecule has 1 fully saturated rings. The van der Waals surface area contributed by atoms with Gasteiger partial charge >= 0.3 is 5.97 Å². The third kappa shape index (κ3) is 2.69. The second kappa shape index (κ2) is 5.33. The number of nitrogens with zero attached hydrogens (tertiary/aromatic N) is 2. The number of rotatable bonds is 3. The van der Waals surface area contributed by atoms with Crippen molar-refractivity contribution in [3.05, 3.63) is 28.3 Å². The fraction of sp³-hybridized carbons (Fsp3) is 0.357. The predicted molar refractivity (Wildman–Crippen MR) is 78.3 cm³/mol. The first-order valence-electron chi connectivity index (χ1n) is 6.67. The molecular formula is C14H15N3O3S. The first-order chi connectivity index (χ1) is 10.0. The number of carboxylic acid groups (broad SMARTS) is 1. The number of aromatic nitrogens is 2. The lowest BCUT2D eigenvalue weighted by Crippen LogP contribution is -2.30. The Labute approximate surface area is 125 Å². The van der Waals surface area contributed by atoms with Crippen LogP contribution in [0.4, 0.5) is 0 Å². The minimum absolute atomic E-state index is 0.156. The molecule has 0 aliphatic carbocycles. The SMILES string of the molecule is Cc1nc(-c2c[nH]c(C(=O)N3CCC(C(=O)O)C3)c2)cs1. The van der Waals surface area contributed by atoms with Crippen molar-refractivity contribution in [2.45, 2.75) is 13.3 Å². The number of likely N-dealkylation sites (tertiary alicyclic amines) is 1. The van der Waals surface area contributed by atoms with Gasteiger partial charge < -0.3 is 15.0 Å². The van der Waals surface area contributed by atoms with E-state index >= 15 is 0 Å². The van der Waals surface area contributed by atoms with Crippen LogP contribution in [0.25, 0.3) is 11.3 Å². The van der Waals surface area contributed by atoms with E-state index in [1.54, 1.807) is 28.5 Å². The first kappa shape index (κ1) is 13.8. The highest BCUT2D eigenvalue weighted by Crippen LogP contribution is 2.24. The second-order valence-corrected chi connectivity index (χ2v) is 6.19. The molecule has 1 amide bonds. The van der Waals surface area contributed by atoms with Crippen LogP contribution in [0.5, 0.6) is 0 Å². The Morgan fingerprint density at radius 1 is 1.52 bits per heavy atom. The maximum atomic E-state index is 12.3. The van der Waals surface area contributed by atoms with Crippen molar-refractivity contribution in [3.8, 4) is 11.3 Å². The zero-order valence-electron chi connectivity index (χ0n) is 11.5. The number of aryl methyl sites for hydroxylation is 1. The Hall–Kier alpha value is -2.15. The molecule has 1 aliphatic heterocycles. The van der Waals surface area contributed by atoms with Crippen molar-refractivity contribution in [2.75, 3.05) is 13.1 Å². The lowest BCUT2D eigenvalue weighted by Gasteiger charge is -2.14. The van der Waals surface area contributed by atoms with Gasteiger partial charge in [0.25, 0.3) is 5.91 Å². The van der Waals surface area contributed by atoms with Gasteiger partial charge in [0.1, 0.15) is 5.69 Å². The number of thiazole rings is 1. The van der Waals surface area contributed by atoms with Crippen LogP contribution in [0.15, 0.2) is 17.6 Å². The fourth-order valence-corrected chi connectivity index (χ4v) is 3.10. The number of hydrogen-bond donors (Lipinski definition) is 2. The van der Waals surface area contributed by atoms with Gasteiger partial charge in [-0.25, -0.2) is 4.98 Å². The zero-order chi connectivity index (χ0) is 15.0. The number of aliphatic carboxylic acids is 1. The number of hydrogen-bond acceptors (Lipinski definition) is 4. The highest BCUT2D eigenvalue weighted by Gasteiger charge is 2.31. The molecule has 3 heterocycles. The standard InChI is InChI=1S/C14H15N3O3S/c1-8-16-12(7-21-8)10-4-11(15-5-10)13(18)17-3-2-9(6-17)14(19)20/h4-5,7,9,15H,2-3,6H2,1H3,(H,19,20). The number of nitrogens with one attached hydrogen (secondary N) is 1. The molecule has 1 atom stereocenters. The second-order valence-electron chi connectivity index (χ2n) is 5.13. The Morgan fingerprint density at radius 2 is 2.33 bits per heavy atom. The quantitative estimate of drug-likeness (QED) is 0.908. The number of aromatic amines is 1. The van der Waals surface area contributed by atoms with Gasteiger partial charge in [0.2, 0.25) is 0 Å². The molecule has 2 N–H and O–H groups in total. The largest absolute Gasteiger partial charge is 0.481 e. The summed E-state index contributed by atoms with van der Waals surface area (Å²) < 4.78 is 0. The van der Waals surface area contributed by atoms with Gasteiger partial charge in [-0.05, 0) is 19.4 Å². The van der Waals surface area contributed by atoms with E-state index in [1.807, 2.05) is 12.3 Å². The number of amides is 1. The predicted octanol–water partition coefficient (Wildman–Crippen LogP) is 1.99. The molecule has 110 valence electrons. The molecule has 0 spiro atoms. The van der Waals surface area contributed by atoms with Gasteiger partial charge in [-0.15, -0.1) is 11.3 Å². The Balaban J connectivity index is 1.74. The number of carbonyl (C=O) groups is 2. The summed E-state index contributed by atoms with van der Waals surface area (Å²) in [5.74, 6) is -1.45. The van der Waals surface area contributed by atoms with Crippen LogP contribution in [-0.4, -0.2) is 44.9 Å². The Bertz CT molecular complexity index is 691. The highest BCUT2D eigenvalue weighted by atomic mass is 32.1.